The molecule has 1 aromatic rings. The van der Waals surface area contributed by atoms with E-state index in [-0.39, 0.29) is 12.3 Å². The number of hydrogen-bond acceptors (Lipinski definition) is 5. The number of aliphatic hydroxyl groups is 1. The topological polar surface area (TPSA) is 106 Å². The summed E-state index contributed by atoms with van der Waals surface area (Å²) in [5, 5.41) is 12.3. The predicted octanol–water partition coefficient (Wildman–Crippen LogP) is 0.482. The van der Waals surface area contributed by atoms with E-state index in [4.69, 9.17) is 10.8 Å². The first-order chi connectivity index (χ1) is 9.56. The molecular weight excluding hydrogens is 258 g/mol. The number of aryl methyl sites for hydroxylation is 1. The van der Waals surface area contributed by atoms with Crippen molar-refractivity contribution < 1.29 is 9.90 Å². The van der Waals surface area contributed by atoms with Gasteiger partial charge in [0.05, 0.1) is 6.33 Å². The summed E-state index contributed by atoms with van der Waals surface area (Å²) < 4.78 is 1.89. The highest BCUT2D eigenvalue weighted by Gasteiger charge is 2.36. The minimum absolute atomic E-state index is 0.108. The summed E-state index contributed by atoms with van der Waals surface area (Å²) in [7, 11) is 0. The second-order valence-corrected chi connectivity index (χ2v) is 4.90. The molecule has 1 aliphatic heterocycles. The Morgan fingerprint density at radius 2 is 2.20 bits per heavy atom. The van der Waals surface area contributed by atoms with Crippen molar-refractivity contribution in [2.24, 2.45) is 10.7 Å². The van der Waals surface area contributed by atoms with Gasteiger partial charge < -0.3 is 20.7 Å². The van der Waals surface area contributed by atoms with Crippen LogP contribution in [0.1, 0.15) is 38.8 Å². The van der Waals surface area contributed by atoms with Crippen LogP contribution in [-0.4, -0.2) is 38.5 Å². The summed E-state index contributed by atoms with van der Waals surface area (Å²) in [6, 6.07) is 0. The number of nitrogens with one attached hydrogen (secondary N) is 1. The first-order valence-corrected chi connectivity index (χ1v) is 6.91. The first-order valence-electron chi connectivity index (χ1n) is 6.91. The maximum Gasteiger partial charge on any atom is 0.269 e. The summed E-state index contributed by atoms with van der Waals surface area (Å²) in [6.45, 7) is 4.76. The van der Waals surface area contributed by atoms with Crippen LogP contribution in [0, 0.1) is 0 Å². The van der Waals surface area contributed by atoms with E-state index in [0.29, 0.717) is 18.7 Å². The third-order valence-corrected chi connectivity index (χ3v) is 3.70. The molecule has 0 spiro atoms. The Labute approximate surface area is 117 Å². The van der Waals surface area contributed by atoms with E-state index in [9.17, 15) is 4.79 Å². The van der Waals surface area contributed by atoms with Crippen LogP contribution >= 0.6 is 0 Å². The Bertz CT molecular complexity index is 531. The summed E-state index contributed by atoms with van der Waals surface area (Å²) >= 11 is 0. The molecule has 1 amide bonds. The lowest BCUT2D eigenvalue weighted by Gasteiger charge is -2.34. The number of nitrogens with zero attached hydrogens (tertiary/aromatic N) is 3. The number of aliphatic imine (C=N–C) groups is 1. The van der Waals surface area contributed by atoms with Crippen LogP contribution in [0.3, 0.4) is 0 Å². The Kier molecular flexibility index (Phi) is 4.08. The van der Waals surface area contributed by atoms with Crippen LogP contribution in [0.15, 0.2) is 11.3 Å². The standard InChI is InChI=1S/C13H21N5O2/c1-3-13(4-2)16-9(11(14)20)10-12(17-13)18(8-15-10)6-5-7-19/h8,17,19H,3-7H2,1-2H3,(H2,14,20). The van der Waals surface area contributed by atoms with Gasteiger partial charge in [0.15, 0.2) is 5.71 Å². The summed E-state index contributed by atoms with van der Waals surface area (Å²) in [4.78, 5) is 20.4. The van der Waals surface area contributed by atoms with Crippen LogP contribution in [0.25, 0.3) is 0 Å². The molecule has 20 heavy (non-hydrogen) atoms. The minimum Gasteiger partial charge on any atom is -0.396 e. The molecule has 0 bridgehead atoms. The molecule has 7 heteroatoms. The maximum atomic E-state index is 11.6. The van der Waals surface area contributed by atoms with Gasteiger partial charge in [-0.05, 0) is 19.3 Å². The van der Waals surface area contributed by atoms with Crippen LogP contribution in [0.5, 0.6) is 0 Å². The van der Waals surface area contributed by atoms with E-state index in [1.807, 2.05) is 18.4 Å². The van der Waals surface area contributed by atoms with Crippen molar-refractivity contribution in [1.82, 2.24) is 9.55 Å². The third-order valence-electron chi connectivity index (χ3n) is 3.70. The molecule has 1 aromatic heterocycles. The number of primary amides is 1. The van der Waals surface area contributed by atoms with E-state index in [2.05, 4.69) is 15.3 Å². The number of carbonyl (C=O) groups is 1. The average molecular weight is 279 g/mol. The smallest absolute Gasteiger partial charge is 0.269 e. The number of rotatable bonds is 6. The molecule has 0 unspecified atom stereocenters. The van der Waals surface area contributed by atoms with Crippen molar-refractivity contribution >= 4 is 17.4 Å². The Hall–Kier alpha value is -1.89. The van der Waals surface area contributed by atoms with Gasteiger partial charge in [-0.2, -0.15) is 0 Å². The third kappa shape index (κ3) is 2.40. The van der Waals surface area contributed by atoms with Crippen molar-refractivity contribution in [3.63, 3.8) is 0 Å². The number of anilines is 1. The molecule has 0 saturated carbocycles. The number of imidazole rings is 1. The monoisotopic (exact) mass is 279 g/mol. The maximum absolute atomic E-state index is 11.6. The molecule has 0 radical (unpaired) electrons. The molecule has 0 fully saturated rings. The molecule has 0 aromatic carbocycles. The minimum atomic E-state index is -0.563. The van der Waals surface area contributed by atoms with Gasteiger partial charge in [0, 0.05) is 13.2 Å². The van der Waals surface area contributed by atoms with Crippen molar-refractivity contribution in [2.45, 2.75) is 45.3 Å². The van der Waals surface area contributed by atoms with E-state index >= 15 is 0 Å². The number of aliphatic hydroxyl groups excluding tert-OH is 1. The Morgan fingerprint density at radius 1 is 1.50 bits per heavy atom. The highest BCUT2D eigenvalue weighted by atomic mass is 16.3. The van der Waals surface area contributed by atoms with E-state index in [1.165, 1.54) is 0 Å². The zero-order valence-corrected chi connectivity index (χ0v) is 11.9. The van der Waals surface area contributed by atoms with Crippen LogP contribution in [0.2, 0.25) is 0 Å². The quantitative estimate of drug-likeness (QED) is 0.704. The van der Waals surface area contributed by atoms with E-state index < -0.39 is 11.6 Å². The largest absolute Gasteiger partial charge is 0.396 e. The van der Waals surface area contributed by atoms with Gasteiger partial charge in [0.1, 0.15) is 17.2 Å². The number of amides is 1. The van der Waals surface area contributed by atoms with Gasteiger partial charge in [-0.1, -0.05) is 13.8 Å². The molecule has 0 saturated heterocycles. The van der Waals surface area contributed by atoms with Gasteiger partial charge in [0.2, 0.25) is 0 Å². The molecule has 4 N–H and O–H groups in total. The number of hydrogen-bond donors (Lipinski definition) is 3. The van der Waals surface area contributed by atoms with Crippen molar-refractivity contribution in [1.29, 1.82) is 0 Å². The molecule has 2 heterocycles. The lowest BCUT2D eigenvalue weighted by Crippen LogP contribution is -2.43. The van der Waals surface area contributed by atoms with Gasteiger partial charge in [0.25, 0.3) is 5.91 Å². The van der Waals surface area contributed by atoms with Crippen LogP contribution < -0.4 is 11.1 Å². The van der Waals surface area contributed by atoms with Gasteiger partial charge in [-0.3, -0.25) is 4.79 Å². The molecule has 2 rings (SSSR count). The SMILES string of the molecule is CCC1(CC)N=C(C(N)=O)c2ncn(CCCO)c2N1. The zero-order chi connectivity index (χ0) is 14.8. The van der Waals surface area contributed by atoms with Gasteiger partial charge >= 0.3 is 0 Å². The van der Waals surface area contributed by atoms with E-state index in [0.717, 1.165) is 18.7 Å². The van der Waals surface area contributed by atoms with Gasteiger partial charge in [-0.15, -0.1) is 0 Å². The Morgan fingerprint density at radius 3 is 2.75 bits per heavy atom. The second-order valence-electron chi connectivity index (χ2n) is 4.90. The predicted molar refractivity (Wildman–Crippen MR) is 76.6 cm³/mol. The fraction of sp³-hybridized carbons (Fsp3) is 0.615. The fourth-order valence-electron chi connectivity index (χ4n) is 2.37. The lowest BCUT2D eigenvalue weighted by molar-refractivity contribution is -0.112. The van der Waals surface area contributed by atoms with Crippen molar-refractivity contribution in [3.05, 3.63) is 12.0 Å². The van der Waals surface area contributed by atoms with Gasteiger partial charge in [-0.25, -0.2) is 9.98 Å². The summed E-state index contributed by atoms with van der Waals surface area (Å²) in [5.41, 5.74) is 5.64. The molecule has 110 valence electrons. The Balaban J connectivity index is 2.46. The number of nitrogens with two attached hydrogens (primary N) is 1. The average Bonchev–Trinajstić information content (AvgIpc) is 2.86. The molecular formula is C13H21N5O2. The first kappa shape index (κ1) is 14.5. The fourth-order valence-corrected chi connectivity index (χ4v) is 2.37. The van der Waals surface area contributed by atoms with Crippen molar-refractivity contribution in [3.8, 4) is 0 Å². The highest BCUT2D eigenvalue weighted by molar-refractivity contribution is 6.45. The molecule has 0 aliphatic carbocycles. The van der Waals surface area contributed by atoms with Crippen LogP contribution in [-0.2, 0) is 11.3 Å². The summed E-state index contributed by atoms with van der Waals surface area (Å²) in [5.74, 6) is 0.192. The van der Waals surface area contributed by atoms with Crippen molar-refractivity contribution in [2.75, 3.05) is 11.9 Å². The normalized spacial score (nSPS) is 16.2. The number of carbonyl (C=O) groups excluding carboxylic acids is 1. The zero-order valence-electron chi connectivity index (χ0n) is 11.9. The number of aromatic nitrogens is 2. The second kappa shape index (κ2) is 5.62. The molecule has 7 nitrogen and oxygen atoms in total. The number of fused-ring (bicyclic) bond motifs is 1. The highest BCUT2D eigenvalue weighted by Crippen LogP contribution is 2.31. The summed E-state index contributed by atoms with van der Waals surface area (Å²) in [6.07, 6.45) is 3.75. The lowest BCUT2D eigenvalue weighted by atomic mass is 10.0. The molecule has 1 aliphatic rings. The van der Waals surface area contributed by atoms with E-state index in [1.54, 1.807) is 6.33 Å². The van der Waals surface area contributed by atoms with Crippen LogP contribution in [0.4, 0.5) is 5.82 Å². The molecule has 0 atom stereocenters.